The van der Waals surface area contributed by atoms with Gasteiger partial charge in [0.15, 0.2) is 5.16 Å². The average molecular weight is 435 g/mol. The Bertz CT molecular complexity index is 940. The van der Waals surface area contributed by atoms with Gasteiger partial charge < -0.3 is 20.1 Å². The molecule has 29 heavy (non-hydrogen) atoms. The Labute approximate surface area is 176 Å². The highest BCUT2D eigenvalue weighted by molar-refractivity contribution is 7.98. The lowest BCUT2D eigenvalue weighted by molar-refractivity contribution is 0.0531. The topological polar surface area (TPSA) is 119 Å². The van der Waals surface area contributed by atoms with E-state index in [-0.39, 0.29) is 6.61 Å². The van der Waals surface area contributed by atoms with Gasteiger partial charge in [0.05, 0.1) is 25.4 Å². The summed E-state index contributed by atoms with van der Waals surface area (Å²) in [6.45, 7) is 4.97. The zero-order chi connectivity index (χ0) is 20.4. The Morgan fingerprint density at radius 2 is 2.17 bits per heavy atom. The van der Waals surface area contributed by atoms with Crippen molar-refractivity contribution >= 4 is 40.0 Å². The van der Waals surface area contributed by atoms with Crippen molar-refractivity contribution in [3.05, 3.63) is 16.0 Å². The molecule has 0 radical (unpaired) electrons. The fourth-order valence-corrected chi connectivity index (χ4v) is 5.29. The van der Waals surface area contributed by atoms with Crippen LogP contribution in [-0.4, -0.2) is 53.6 Å². The molecule has 0 unspecified atom stereocenters. The second kappa shape index (κ2) is 8.61. The first-order chi connectivity index (χ1) is 14.1. The summed E-state index contributed by atoms with van der Waals surface area (Å²) in [5.74, 6) is 0.826. The van der Waals surface area contributed by atoms with E-state index in [1.807, 2.05) is 0 Å². The molecule has 2 aromatic rings. The highest BCUT2D eigenvalue weighted by Gasteiger charge is 2.32. The Morgan fingerprint density at radius 3 is 2.83 bits per heavy atom. The predicted octanol–water partition coefficient (Wildman–Crippen LogP) is 2.43. The van der Waals surface area contributed by atoms with Gasteiger partial charge in [-0.1, -0.05) is 11.8 Å². The van der Waals surface area contributed by atoms with Gasteiger partial charge in [-0.15, -0.1) is 21.5 Å². The van der Waals surface area contributed by atoms with Gasteiger partial charge in [0.2, 0.25) is 5.95 Å². The minimum Gasteiger partial charge on any atom is -0.462 e. The number of hydrogen-bond donors (Lipinski definition) is 1. The fourth-order valence-electron chi connectivity index (χ4n) is 3.24. The molecule has 1 aliphatic carbocycles. The maximum atomic E-state index is 12.3. The monoisotopic (exact) mass is 434 g/mol. The van der Waals surface area contributed by atoms with E-state index < -0.39 is 5.97 Å². The lowest BCUT2D eigenvalue weighted by atomic mass is 10.2. The van der Waals surface area contributed by atoms with E-state index in [2.05, 4.69) is 25.7 Å². The summed E-state index contributed by atoms with van der Waals surface area (Å²) < 4.78 is 12.8. The maximum Gasteiger partial charge on any atom is 0.348 e. The molecule has 1 saturated heterocycles. The number of rotatable bonds is 7. The zero-order valence-corrected chi connectivity index (χ0v) is 17.7. The molecule has 2 N–H and O–H groups in total. The number of carbonyl (C=O) groups excluding carboxylic acids is 1. The molecule has 3 heterocycles. The molecule has 0 spiro atoms. The molecule has 9 nitrogen and oxygen atoms in total. The fraction of sp³-hybridized carbons (Fsp3) is 0.556. The van der Waals surface area contributed by atoms with Gasteiger partial charge in [-0.05, 0) is 19.8 Å². The number of ether oxygens (including phenoxy) is 2. The number of carbonyl (C=O) groups is 1. The lowest BCUT2D eigenvalue weighted by Crippen LogP contribution is -2.38. The quantitative estimate of drug-likeness (QED) is 0.517. The minimum absolute atomic E-state index is 0.268. The molecule has 4 rings (SSSR count). The predicted molar refractivity (Wildman–Crippen MR) is 110 cm³/mol. The standard InChI is InChI=1S/C18H22N6O3S2/c1-2-27-16(25)14-13(12(9-19)15(20)29-14)10-28-18-22-21-17(24(18)11-3-4-11)23-5-7-26-8-6-23/h11H,2-8,10,20H2,1H3. The Balaban J connectivity index is 1.59. The molecule has 2 aromatic heterocycles. The summed E-state index contributed by atoms with van der Waals surface area (Å²) >= 11 is 2.57. The van der Waals surface area contributed by atoms with E-state index in [0.29, 0.717) is 46.0 Å². The SMILES string of the molecule is CCOC(=O)c1sc(N)c(C#N)c1CSc1nnc(N2CCOCC2)n1C1CC1. The number of nitrogens with zero attached hydrogens (tertiary/aromatic N) is 5. The third-order valence-corrected chi connectivity index (χ3v) is 6.82. The van der Waals surface area contributed by atoms with Crippen molar-refractivity contribution < 1.29 is 14.3 Å². The molecule has 1 saturated carbocycles. The first kappa shape index (κ1) is 20.0. The first-order valence-electron chi connectivity index (χ1n) is 9.52. The van der Waals surface area contributed by atoms with E-state index >= 15 is 0 Å². The number of thiophene rings is 1. The molecule has 11 heteroatoms. The summed E-state index contributed by atoms with van der Waals surface area (Å²) in [4.78, 5) is 14.9. The van der Waals surface area contributed by atoms with Crippen molar-refractivity contribution in [3.8, 4) is 6.07 Å². The molecule has 154 valence electrons. The number of anilines is 2. The highest BCUT2D eigenvalue weighted by atomic mass is 32.2. The lowest BCUT2D eigenvalue weighted by Gasteiger charge is -2.27. The van der Waals surface area contributed by atoms with Crippen molar-refractivity contribution in [1.29, 1.82) is 5.26 Å². The van der Waals surface area contributed by atoms with E-state index in [9.17, 15) is 10.1 Å². The summed E-state index contributed by atoms with van der Waals surface area (Å²) in [6, 6.07) is 2.52. The van der Waals surface area contributed by atoms with Crippen LogP contribution >= 0.6 is 23.1 Å². The number of nitrogen functional groups attached to an aromatic ring is 1. The van der Waals surface area contributed by atoms with Gasteiger partial charge >= 0.3 is 5.97 Å². The number of aromatic nitrogens is 3. The molecular weight excluding hydrogens is 412 g/mol. The molecular formula is C18H22N6O3S2. The summed E-state index contributed by atoms with van der Waals surface area (Å²) in [5, 5.41) is 19.5. The number of thioether (sulfide) groups is 1. The van der Waals surface area contributed by atoms with E-state index in [1.165, 1.54) is 11.8 Å². The van der Waals surface area contributed by atoms with Gasteiger partial charge in [0.25, 0.3) is 0 Å². The number of esters is 1. The van der Waals surface area contributed by atoms with Crippen molar-refractivity contribution in [2.24, 2.45) is 0 Å². The number of nitrogens with two attached hydrogens (primary N) is 1. The summed E-state index contributed by atoms with van der Waals surface area (Å²) in [6.07, 6.45) is 2.21. The summed E-state index contributed by atoms with van der Waals surface area (Å²) in [5.41, 5.74) is 6.92. The number of nitriles is 1. The number of morpholine rings is 1. The van der Waals surface area contributed by atoms with Crippen LogP contribution in [0.2, 0.25) is 0 Å². The molecule has 2 aliphatic rings. The largest absolute Gasteiger partial charge is 0.462 e. The van der Waals surface area contributed by atoms with Gasteiger partial charge in [-0.3, -0.25) is 4.57 Å². The molecule has 0 aromatic carbocycles. The molecule has 0 amide bonds. The van der Waals surface area contributed by atoms with Crippen LogP contribution in [0.15, 0.2) is 5.16 Å². The van der Waals surface area contributed by atoms with Crippen molar-refractivity contribution in [2.75, 3.05) is 43.5 Å². The van der Waals surface area contributed by atoms with E-state index in [1.54, 1.807) is 6.92 Å². The Hall–Kier alpha value is -2.29. The van der Waals surface area contributed by atoms with E-state index in [0.717, 1.165) is 48.4 Å². The van der Waals surface area contributed by atoms with Gasteiger partial charge in [0.1, 0.15) is 15.9 Å². The van der Waals surface area contributed by atoms with Gasteiger partial charge in [-0.25, -0.2) is 4.79 Å². The van der Waals surface area contributed by atoms with Crippen LogP contribution in [0.1, 0.15) is 46.6 Å². The number of hydrogen-bond acceptors (Lipinski definition) is 10. The van der Waals surface area contributed by atoms with Crippen LogP contribution in [-0.2, 0) is 15.2 Å². The molecule has 1 aliphatic heterocycles. The maximum absolute atomic E-state index is 12.3. The van der Waals surface area contributed by atoms with Crippen LogP contribution in [0.3, 0.4) is 0 Å². The normalized spacial score (nSPS) is 16.6. The molecule has 0 atom stereocenters. The van der Waals surface area contributed by atoms with Crippen molar-refractivity contribution in [1.82, 2.24) is 14.8 Å². The minimum atomic E-state index is -0.445. The van der Waals surface area contributed by atoms with E-state index in [4.69, 9.17) is 15.2 Å². The first-order valence-corrected chi connectivity index (χ1v) is 11.3. The van der Waals surface area contributed by atoms with Crippen LogP contribution in [0.5, 0.6) is 0 Å². The Morgan fingerprint density at radius 1 is 1.41 bits per heavy atom. The smallest absolute Gasteiger partial charge is 0.348 e. The van der Waals surface area contributed by atoms with Crippen LogP contribution in [0.4, 0.5) is 10.9 Å². The third kappa shape index (κ3) is 4.05. The van der Waals surface area contributed by atoms with Gasteiger partial charge in [0, 0.05) is 30.4 Å². The van der Waals surface area contributed by atoms with Crippen LogP contribution in [0.25, 0.3) is 0 Å². The molecule has 2 fully saturated rings. The highest BCUT2D eigenvalue weighted by Crippen LogP contribution is 2.42. The second-order valence-electron chi connectivity index (χ2n) is 6.75. The van der Waals surface area contributed by atoms with Crippen molar-refractivity contribution in [3.63, 3.8) is 0 Å². The van der Waals surface area contributed by atoms with Crippen LogP contribution in [0, 0.1) is 11.3 Å². The average Bonchev–Trinajstić information content (AvgIpc) is 3.40. The summed E-state index contributed by atoms with van der Waals surface area (Å²) in [7, 11) is 0. The molecule has 0 bridgehead atoms. The van der Waals surface area contributed by atoms with Gasteiger partial charge in [-0.2, -0.15) is 5.26 Å². The zero-order valence-electron chi connectivity index (χ0n) is 16.1. The second-order valence-corrected chi connectivity index (χ2v) is 8.75. The third-order valence-electron chi connectivity index (χ3n) is 4.81. The van der Waals surface area contributed by atoms with Crippen molar-refractivity contribution in [2.45, 2.75) is 36.7 Å². The Kier molecular flexibility index (Phi) is 5.94. The van der Waals surface area contributed by atoms with Crippen LogP contribution < -0.4 is 10.6 Å².